The van der Waals surface area contributed by atoms with E-state index in [1.54, 1.807) is 23.1 Å². The van der Waals surface area contributed by atoms with Crippen molar-refractivity contribution in [1.29, 1.82) is 0 Å². The van der Waals surface area contributed by atoms with Gasteiger partial charge in [0.15, 0.2) is 0 Å². The van der Waals surface area contributed by atoms with E-state index in [0.717, 1.165) is 29.8 Å². The maximum atomic E-state index is 13.3. The van der Waals surface area contributed by atoms with E-state index in [2.05, 4.69) is 18.7 Å². The van der Waals surface area contributed by atoms with E-state index < -0.39 is 17.7 Å². The molecule has 0 bridgehead atoms. The van der Waals surface area contributed by atoms with Gasteiger partial charge in [-0.15, -0.1) is 0 Å². The zero-order valence-electron chi connectivity index (χ0n) is 21.7. The summed E-state index contributed by atoms with van der Waals surface area (Å²) in [6, 6.07) is 24.0. The molecule has 6 heteroatoms. The van der Waals surface area contributed by atoms with Gasteiger partial charge in [0.25, 0.3) is 11.7 Å². The summed E-state index contributed by atoms with van der Waals surface area (Å²) in [5.74, 6) is -0.718. The highest BCUT2D eigenvalue weighted by atomic mass is 16.5. The van der Waals surface area contributed by atoms with Gasteiger partial charge in [0, 0.05) is 18.7 Å². The summed E-state index contributed by atoms with van der Waals surface area (Å²) >= 11 is 0. The Bertz CT molecular complexity index is 1270. The van der Waals surface area contributed by atoms with E-state index in [-0.39, 0.29) is 11.3 Å². The molecule has 6 nitrogen and oxygen atoms in total. The maximum absolute atomic E-state index is 13.3. The Kier molecular flexibility index (Phi) is 8.41. The number of amides is 1. The SMILES string of the molecule is CCN(CC)CCN1C(=O)C(=O)C(=C(O)c2ccc(OCc3ccccc3)c(C)c2)[C@H]1c1ccccc1. The zero-order chi connectivity index (χ0) is 26.4. The number of likely N-dealkylation sites (tertiary alicyclic amines) is 1. The number of ketones is 1. The first-order valence-electron chi connectivity index (χ1n) is 12.8. The van der Waals surface area contributed by atoms with Crippen LogP contribution in [0.5, 0.6) is 5.75 Å². The van der Waals surface area contributed by atoms with Crippen LogP contribution in [0.1, 0.15) is 42.1 Å². The summed E-state index contributed by atoms with van der Waals surface area (Å²) in [6.45, 7) is 9.23. The molecule has 0 spiro atoms. The van der Waals surface area contributed by atoms with Crippen molar-refractivity contribution in [2.75, 3.05) is 26.2 Å². The van der Waals surface area contributed by atoms with Gasteiger partial charge in [0.1, 0.15) is 18.1 Å². The van der Waals surface area contributed by atoms with Crippen molar-refractivity contribution in [3.63, 3.8) is 0 Å². The van der Waals surface area contributed by atoms with Gasteiger partial charge in [-0.1, -0.05) is 74.5 Å². The fourth-order valence-corrected chi connectivity index (χ4v) is 4.73. The van der Waals surface area contributed by atoms with E-state index >= 15 is 0 Å². The number of aliphatic hydroxyl groups excluding tert-OH is 1. The van der Waals surface area contributed by atoms with Gasteiger partial charge in [-0.3, -0.25) is 9.59 Å². The van der Waals surface area contributed by atoms with E-state index in [4.69, 9.17) is 4.74 Å². The van der Waals surface area contributed by atoms with Gasteiger partial charge in [-0.2, -0.15) is 0 Å². The van der Waals surface area contributed by atoms with Gasteiger partial charge in [-0.25, -0.2) is 0 Å². The van der Waals surface area contributed by atoms with Crippen LogP contribution in [-0.2, 0) is 16.2 Å². The van der Waals surface area contributed by atoms with Crippen molar-refractivity contribution < 1.29 is 19.4 Å². The van der Waals surface area contributed by atoms with Crippen LogP contribution in [-0.4, -0.2) is 52.8 Å². The monoisotopic (exact) mass is 498 g/mol. The Balaban J connectivity index is 1.66. The van der Waals surface area contributed by atoms with Crippen molar-refractivity contribution in [3.8, 4) is 5.75 Å². The summed E-state index contributed by atoms with van der Waals surface area (Å²) in [4.78, 5) is 30.2. The normalized spacial score (nSPS) is 17.0. The molecule has 1 fully saturated rings. The lowest BCUT2D eigenvalue weighted by atomic mass is 9.95. The second-order valence-electron chi connectivity index (χ2n) is 9.18. The number of carbonyl (C=O) groups is 2. The van der Waals surface area contributed by atoms with Crippen molar-refractivity contribution in [2.45, 2.75) is 33.4 Å². The topological polar surface area (TPSA) is 70.1 Å². The molecule has 37 heavy (non-hydrogen) atoms. The van der Waals surface area contributed by atoms with Crippen LogP contribution in [0.4, 0.5) is 0 Å². The number of hydrogen-bond donors (Lipinski definition) is 1. The number of nitrogens with zero attached hydrogens (tertiary/aromatic N) is 2. The van der Waals surface area contributed by atoms with Gasteiger partial charge < -0.3 is 19.6 Å². The minimum absolute atomic E-state index is 0.119. The minimum atomic E-state index is -0.659. The number of hydrogen-bond acceptors (Lipinski definition) is 5. The molecule has 1 aliphatic rings. The average molecular weight is 499 g/mol. The fourth-order valence-electron chi connectivity index (χ4n) is 4.73. The van der Waals surface area contributed by atoms with Crippen molar-refractivity contribution in [2.24, 2.45) is 0 Å². The van der Waals surface area contributed by atoms with Gasteiger partial charge in [-0.05, 0) is 54.9 Å². The predicted molar refractivity (Wildman–Crippen MR) is 145 cm³/mol. The van der Waals surface area contributed by atoms with Gasteiger partial charge in [0.05, 0.1) is 11.6 Å². The average Bonchev–Trinajstić information content (AvgIpc) is 3.18. The third kappa shape index (κ3) is 5.75. The van der Waals surface area contributed by atoms with E-state index in [1.165, 1.54) is 0 Å². The summed E-state index contributed by atoms with van der Waals surface area (Å²) in [6.07, 6.45) is 0. The minimum Gasteiger partial charge on any atom is -0.507 e. The van der Waals surface area contributed by atoms with Crippen LogP contribution in [0.2, 0.25) is 0 Å². The highest BCUT2D eigenvalue weighted by Crippen LogP contribution is 2.39. The molecule has 1 atom stereocenters. The molecule has 3 aromatic carbocycles. The number of Topliss-reactive ketones (excluding diaryl/α,β-unsaturated/α-hetero) is 1. The number of carbonyl (C=O) groups excluding carboxylic acids is 2. The zero-order valence-corrected chi connectivity index (χ0v) is 21.7. The van der Waals surface area contributed by atoms with Crippen LogP contribution in [0.25, 0.3) is 5.76 Å². The Morgan fingerprint density at radius 1 is 0.946 bits per heavy atom. The number of ether oxygens (including phenoxy) is 1. The summed E-state index contributed by atoms with van der Waals surface area (Å²) in [7, 11) is 0. The summed E-state index contributed by atoms with van der Waals surface area (Å²) < 4.78 is 5.97. The lowest BCUT2D eigenvalue weighted by Crippen LogP contribution is -2.38. The maximum Gasteiger partial charge on any atom is 0.295 e. The molecule has 1 N–H and O–H groups in total. The van der Waals surface area contributed by atoms with Crippen LogP contribution in [0, 0.1) is 6.92 Å². The highest BCUT2D eigenvalue weighted by molar-refractivity contribution is 6.46. The largest absolute Gasteiger partial charge is 0.507 e. The molecule has 0 radical (unpaired) electrons. The molecular weight excluding hydrogens is 464 g/mol. The van der Waals surface area contributed by atoms with Gasteiger partial charge >= 0.3 is 0 Å². The molecule has 1 aliphatic heterocycles. The first kappa shape index (κ1) is 26.2. The Morgan fingerprint density at radius 3 is 2.22 bits per heavy atom. The lowest BCUT2D eigenvalue weighted by molar-refractivity contribution is -0.140. The number of benzene rings is 3. The first-order chi connectivity index (χ1) is 17.9. The Morgan fingerprint density at radius 2 is 1.59 bits per heavy atom. The van der Waals surface area contributed by atoms with Crippen LogP contribution < -0.4 is 4.74 Å². The van der Waals surface area contributed by atoms with Crippen molar-refractivity contribution in [1.82, 2.24) is 9.80 Å². The standard InChI is InChI=1S/C31H34N2O4/c1-4-32(5-2)18-19-33-28(24-14-10-7-11-15-24)27(30(35)31(33)36)29(34)25-16-17-26(22(3)20-25)37-21-23-12-8-6-9-13-23/h6-17,20,28,34H,4-5,18-19,21H2,1-3H3/t28-/m1/s1. The number of aliphatic hydroxyl groups is 1. The summed E-state index contributed by atoms with van der Waals surface area (Å²) in [5.41, 5.74) is 3.27. The molecule has 1 heterocycles. The molecule has 0 saturated carbocycles. The Hall–Kier alpha value is -3.90. The molecule has 0 aromatic heterocycles. The third-order valence-corrected chi connectivity index (χ3v) is 6.89. The van der Waals surface area contributed by atoms with Crippen LogP contribution in [0.3, 0.4) is 0 Å². The Labute approximate surface area is 218 Å². The molecule has 1 amide bonds. The predicted octanol–water partition coefficient (Wildman–Crippen LogP) is 5.34. The smallest absolute Gasteiger partial charge is 0.295 e. The number of likely N-dealkylation sites (N-methyl/N-ethyl adjacent to an activating group) is 1. The first-order valence-corrected chi connectivity index (χ1v) is 12.8. The van der Waals surface area contributed by atoms with E-state index in [0.29, 0.717) is 31.0 Å². The number of aryl methyl sites for hydroxylation is 1. The molecule has 1 saturated heterocycles. The number of rotatable bonds is 10. The third-order valence-electron chi connectivity index (χ3n) is 6.89. The lowest BCUT2D eigenvalue weighted by Gasteiger charge is -2.28. The molecule has 0 aliphatic carbocycles. The van der Waals surface area contributed by atoms with Crippen molar-refractivity contribution >= 4 is 17.4 Å². The van der Waals surface area contributed by atoms with E-state index in [1.807, 2.05) is 67.6 Å². The molecule has 192 valence electrons. The second kappa shape index (κ2) is 11.9. The van der Waals surface area contributed by atoms with E-state index in [9.17, 15) is 14.7 Å². The molecule has 4 rings (SSSR count). The molecular formula is C31H34N2O4. The van der Waals surface area contributed by atoms with Crippen LogP contribution >= 0.6 is 0 Å². The molecule has 0 unspecified atom stereocenters. The quantitative estimate of drug-likeness (QED) is 0.232. The molecule has 3 aromatic rings. The van der Waals surface area contributed by atoms with Crippen molar-refractivity contribution in [3.05, 3.63) is 107 Å². The highest BCUT2D eigenvalue weighted by Gasteiger charge is 2.45. The summed E-state index contributed by atoms with van der Waals surface area (Å²) in [5, 5.41) is 11.4. The second-order valence-corrected chi connectivity index (χ2v) is 9.18. The van der Waals surface area contributed by atoms with Gasteiger partial charge in [0.2, 0.25) is 0 Å². The van der Waals surface area contributed by atoms with Crippen LogP contribution in [0.15, 0.2) is 84.4 Å². The fraction of sp³-hybridized carbons (Fsp3) is 0.290.